The largest absolute Gasteiger partial charge is 0.459 e. The van der Waals surface area contributed by atoms with Crippen molar-refractivity contribution in [3.63, 3.8) is 0 Å². The van der Waals surface area contributed by atoms with Crippen LogP contribution in [-0.2, 0) is 24.7 Å². The van der Waals surface area contributed by atoms with E-state index in [1.54, 1.807) is 38.1 Å². The molecule has 0 amide bonds. The van der Waals surface area contributed by atoms with Crippen molar-refractivity contribution in [2.45, 2.75) is 50.6 Å². The Morgan fingerprint density at radius 1 is 1.22 bits per heavy atom. The number of aromatic amines is 1. The Bertz CT molecular complexity index is 1140. The molecule has 10 nitrogen and oxygen atoms in total. The molecule has 2 fully saturated rings. The van der Waals surface area contributed by atoms with Gasteiger partial charge in [0.25, 0.3) is 5.56 Å². The van der Waals surface area contributed by atoms with Crippen LogP contribution in [0.15, 0.2) is 39.9 Å². The number of carbonyl (C=O) groups excluding carboxylic acids is 1. The van der Waals surface area contributed by atoms with Crippen molar-refractivity contribution in [3.05, 3.63) is 66.0 Å². The van der Waals surface area contributed by atoms with Crippen molar-refractivity contribution in [2.24, 2.45) is 0 Å². The van der Waals surface area contributed by atoms with Gasteiger partial charge in [0.05, 0.1) is 15.9 Å². The van der Waals surface area contributed by atoms with Crippen LogP contribution in [0.4, 0.5) is 0 Å². The van der Waals surface area contributed by atoms with Crippen LogP contribution in [-0.4, -0.2) is 57.9 Å². The Hall–Kier alpha value is -2.06. The third kappa shape index (κ3) is 4.03. The Morgan fingerprint density at radius 2 is 1.91 bits per heavy atom. The number of aryl methyl sites for hydroxylation is 1. The maximum atomic E-state index is 12.7. The standard InChI is InChI=1S/C21H23IN2O8/c1-11-4-6-12(7-5-11)18(27)29-9-13-16-17(32-20(2,3)31-16)21(10-25,30-13)24-14(22)8-15(26)23-19(24)28/h4-8,13,16-17,25H,9-10H2,1-3H3,(H,23,26,28)/t13-,16-,17-,21+/m1/s1. The highest BCUT2D eigenvalue weighted by Crippen LogP contribution is 2.46. The highest BCUT2D eigenvalue weighted by atomic mass is 127. The molecular formula is C21H23IN2O8. The highest BCUT2D eigenvalue weighted by Gasteiger charge is 2.64. The lowest BCUT2D eigenvalue weighted by molar-refractivity contribution is -0.245. The fourth-order valence-corrected chi connectivity index (χ4v) is 4.97. The van der Waals surface area contributed by atoms with Crippen LogP contribution in [0.1, 0.15) is 29.8 Å². The number of halogens is 1. The molecule has 2 saturated heterocycles. The van der Waals surface area contributed by atoms with Gasteiger partial charge in [-0.15, -0.1) is 0 Å². The number of hydrogen-bond donors (Lipinski definition) is 2. The molecule has 0 saturated carbocycles. The van der Waals surface area contributed by atoms with Crippen molar-refractivity contribution in [2.75, 3.05) is 13.2 Å². The van der Waals surface area contributed by atoms with Gasteiger partial charge in [-0.05, 0) is 55.5 Å². The Kier molecular flexibility index (Phi) is 6.05. The molecule has 0 unspecified atom stereocenters. The molecule has 0 aliphatic carbocycles. The van der Waals surface area contributed by atoms with E-state index in [0.717, 1.165) is 10.1 Å². The normalized spacial score (nSPS) is 28.5. The van der Waals surface area contributed by atoms with Crippen molar-refractivity contribution in [1.29, 1.82) is 0 Å². The highest BCUT2D eigenvalue weighted by molar-refractivity contribution is 14.1. The third-order valence-corrected chi connectivity index (χ3v) is 6.26. The Morgan fingerprint density at radius 3 is 2.53 bits per heavy atom. The number of aliphatic hydroxyl groups is 1. The molecule has 11 heteroatoms. The molecule has 1 aromatic carbocycles. The lowest BCUT2D eigenvalue weighted by Crippen LogP contribution is -2.55. The number of esters is 1. The summed E-state index contributed by atoms with van der Waals surface area (Å²) in [5, 5.41) is 10.4. The molecule has 1 aromatic heterocycles. The van der Waals surface area contributed by atoms with Gasteiger partial charge in [0.1, 0.15) is 24.9 Å². The van der Waals surface area contributed by atoms with Crippen LogP contribution in [0.3, 0.4) is 0 Å². The molecule has 3 heterocycles. The van der Waals surface area contributed by atoms with E-state index in [4.69, 9.17) is 18.9 Å². The number of fused-ring (bicyclic) bond motifs is 1. The molecule has 2 aliphatic rings. The first kappa shape index (κ1) is 23.1. The van der Waals surface area contributed by atoms with Crippen molar-refractivity contribution < 1.29 is 28.8 Å². The van der Waals surface area contributed by atoms with E-state index in [9.17, 15) is 19.5 Å². The van der Waals surface area contributed by atoms with Gasteiger partial charge < -0.3 is 24.1 Å². The number of nitrogens with zero attached hydrogens (tertiary/aromatic N) is 1. The van der Waals surface area contributed by atoms with E-state index < -0.39 is 53.6 Å². The van der Waals surface area contributed by atoms with Crippen molar-refractivity contribution >= 4 is 28.6 Å². The summed E-state index contributed by atoms with van der Waals surface area (Å²) in [4.78, 5) is 39.1. The maximum absolute atomic E-state index is 12.7. The molecule has 4 atom stereocenters. The van der Waals surface area contributed by atoms with Gasteiger partial charge in [0, 0.05) is 6.07 Å². The molecule has 2 N–H and O–H groups in total. The molecule has 0 radical (unpaired) electrons. The summed E-state index contributed by atoms with van der Waals surface area (Å²) in [6.45, 7) is 4.48. The zero-order valence-corrected chi connectivity index (χ0v) is 19.8. The first-order chi connectivity index (χ1) is 15.1. The third-order valence-electron chi connectivity index (χ3n) is 5.46. The first-order valence-corrected chi connectivity index (χ1v) is 11.0. The predicted octanol–water partition coefficient (Wildman–Crippen LogP) is 0.871. The summed E-state index contributed by atoms with van der Waals surface area (Å²) in [5.74, 6) is -1.57. The summed E-state index contributed by atoms with van der Waals surface area (Å²) >= 11 is 1.82. The van der Waals surface area contributed by atoms with Crippen molar-refractivity contribution in [1.82, 2.24) is 9.55 Å². The van der Waals surface area contributed by atoms with Crippen LogP contribution in [0.5, 0.6) is 0 Å². The SMILES string of the molecule is Cc1ccc(C(=O)OC[C@H]2O[C@](CO)(n3c(I)cc(=O)[nH]c3=O)[C@@H]3OC(C)(C)O[C@@H]32)cc1. The van der Waals surface area contributed by atoms with Crippen LogP contribution in [0.2, 0.25) is 0 Å². The number of rotatable bonds is 5. The minimum Gasteiger partial charge on any atom is -0.459 e. The Labute approximate surface area is 196 Å². The van der Waals surface area contributed by atoms with Gasteiger partial charge in [-0.3, -0.25) is 14.3 Å². The number of aliphatic hydroxyl groups excluding tert-OH is 1. The molecule has 2 aliphatic heterocycles. The number of aromatic nitrogens is 2. The molecule has 2 aromatic rings. The Balaban J connectivity index is 1.65. The van der Waals surface area contributed by atoms with E-state index in [2.05, 4.69) is 4.98 Å². The molecule has 172 valence electrons. The average Bonchev–Trinajstić information content (AvgIpc) is 3.18. The topological polar surface area (TPSA) is 129 Å². The quantitative estimate of drug-likeness (QED) is 0.315. The molecule has 0 bridgehead atoms. The van der Waals surface area contributed by atoms with E-state index >= 15 is 0 Å². The molecule has 32 heavy (non-hydrogen) atoms. The fourth-order valence-electron chi connectivity index (χ4n) is 4.06. The molecular weight excluding hydrogens is 535 g/mol. The summed E-state index contributed by atoms with van der Waals surface area (Å²) < 4.78 is 24.9. The van der Waals surface area contributed by atoms with Gasteiger partial charge in [0.2, 0.25) is 5.72 Å². The first-order valence-electron chi connectivity index (χ1n) is 9.97. The maximum Gasteiger partial charge on any atom is 0.338 e. The van der Waals surface area contributed by atoms with E-state index in [0.29, 0.717) is 5.56 Å². The molecule has 4 rings (SSSR count). The van der Waals surface area contributed by atoms with Gasteiger partial charge in [0.15, 0.2) is 5.79 Å². The summed E-state index contributed by atoms with van der Waals surface area (Å²) in [6.07, 6.45) is -2.47. The second kappa shape index (κ2) is 8.37. The van der Waals surface area contributed by atoms with Crippen molar-refractivity contribution in [3.8, 4) is 0 Å². The predicted molar refractivity (Wildman–Crippen MR) is 119 cm³/mol. The van der Waals surface area contributed by atoms with E-state index in [1.165, 1.54) is 6.07 Å². The molecule has 0 spiro atoms. The summed E-state index contributed by atoms with van der Waals surface area (Å²) in [6, 6.07) is 8.14. The second-order valence-corrected chi connectivity index (χ2v) is 9.35. The van der Waals surface area contributed by atoms with Crippen LogP contribution in [0, 0.1) is 10.6 Å². The minimum absolute atomic E-state index is 0.191. The summed E-state index contributed by atoms with van der Waals surface area (Å²) in [7, 11) is 0. The zero-order valence-electron chi connectivity index (χ0n) is 17.7. The minimum atomic E-state index is -1.68. The summed E-state index contributed by atoms with van der Waals surface area (Å²) in [5.41, 5.74) is -1.63. The number of carbonyl (C=O) groups is 1. The lowest BCUT2D eigenvalue weighted by Gasteiger charge is -2.35. The lowest BCUT2D eigenvalue weighted by atomic mass is 10.0. The smallest absolute Gasteiger partial charge is 0.338 e. The van der Waals surface area contributed by atoms with Crippen LogP contribution >= 0.6 is 22.6 Å². The number of benzene rings is 1. The van der Waals surface area contributed by atoms with Gasteiger partial charge in [-0.25, -0.2) is 9.59 Å². The average molecular weight is 558 g/mol. The number of hydrogen-bond acceptors (Lipinski definition) is 8. The zero-order chi connectivity index (χ0) is 23.3. The second-order valence-electron chi connectivity index (χ2n) is 8.24. The number of nitrogens with one attached hydrogen (secondary N) is 1. The van der Waals surface area contributed by atoms with E-state index in [-0.39, 0.29) is 10.3 Å². The van der Waals surface area contributed by atoms with Crippen LogP contribution in [0.25, 0.3) is 0 Å². The van der Waals surface area contributed by atoms with Crippen LogP contribution < -0.4 is 11.2 Å². The number of ether oxygens (including phenoxy) is 4. The van der Waals surface area contributed by atoms with E-state index in [1.807, 2.05) is 29.5 Å². The fraction of sp³-hybridized carbons (Fsp3) is 0.476. The van der Waals surface area contributed by atoms with Gasteiger partial charge in [-0.1, -0.05) is 17.7 Å². The monoisotopic (exact) mass is 558 g/mol. The number of H-pyrrole nitrogens is 1. The van der Waals surface area contributed by atoms with Gasteiger partial charge >= 0.3 is 11.7 Å². The van der Waals surface area contributed by atoms with Gasteiger partial charge in [-0.2, -0.15) is 0 Å².